The lowest BCUT2D eigenvalue weighted by molar-refractivity contribution is -0.145. The zero-order valence-corrected chi connectivity index (χ0v) is 12.8. The molecule has 6 nitrogen and oxygen atoms in total. The van der Waals surface area contributed by atoms with Gasteiger partial charge >= 0.3 is 0 Å². The van der Waals surface area contributed by atoms with Crippen LogP contribution in [0.4, 0.5) is 0 Å². The van der Waals surface area contributed by atoms with Crippen molar-refractivity contribution in [1.82, 2.24) is 10.2 Å². The minimum Gasteiger partial charge on any atom is -0.343 e. The maximum absolute atomic E-state index is 12.3. The fraction of sp³-hybridized carbons (Fsp3) is 0.846. The molecule has 0 saturated carbocycles. The zero-order valence-electron chi connectivity index (χ0n) is 12.0. The number of carbonyl (C=O) groups excluding carboxylic acids is 2. The van der Waals surface area contributed by atoms with E-state index in [-0.39, 0.29) is 35.8 Å². The fourth-order valence-electron chi connectivity index (χ4n) is 2.89. The van der Waals surface area contributed by atoms with Gasteiger partial charge in [-0.3, -0.25) is 9.59 Å². The zero-order chi connectivity index (χ0) is 14.9. The van der Waals surface area contributed by atoms with Crippen LogP contribution in [0.3, 0.4) is 0 Å². The standard InChI is InChI=1S/C13H22N2O4S/c1-9(2)5-11-13(17)15(7-12(16)14-11)6-10-3-4-20(18,19)8-10/h9-11H,3-8H2,1-2H3,(H,14,16). The molecular weight excluding hydrogens is 280 g/mol. The van der Waals surface area contributed by atoms with Gasteiger partial charge in [-0.25, -0.2) is 8.42 Å². The summed E-state index contributed by atoms with van der Waals surface area (Å²) in [5, 5.41) is 2.72. The molecule has 20 heavy (non-hydrogen) atoms. The fourth-order valence-corrected chi connectivity index (χ4v) is 4.74. The van der Waals surface area contributed by atoms with Gasteiger partial charge in [-0.05, 0) is 24.7 Å². The monoisotopic (exact) mass is 302 g/mol. The summed E-state index contributed by atoms with van der Waals surface area (Å²) < 4.78 is 22.9. The molecule has 0 aromatic carbocycles. The predicted molar refractivity (Wildman–Crippen MR) is 74.7 cm³/mol. The van der Waals surface area contributed by atoms with E-state index in [1.165, 1.54) is 4.90 Å². The first kappa shape index (κ1) is 15.3. The average Bonchev–Trinajstić information content (AvgIpc) is 2.64. The number of nitrogens with one attached hydrogen (secondary N) is 1. The Labute approximate surface area is 119 Å². The van der Waals surface area contributed by atoms with Crippen molar-refractivity contribution in [1.29, 1.82) is 0 Å². The van der Waals surface area contributed by atoms with E-state index in [0.717, 1.165) is 0 Å². The Kier molecular flexibility index (Phi) is 4.36. The van der Waals surface area contributed by atoms with Crippen molar-refractivity contribution in [3.8, 4) is 0 Å². The largest absolute Gasteiger partial charge is 0.343 e. The molecule has 2 saturated heterocycles. The Bertz CT molecular complexity index is 501. The average molecular weight is 302 g/mol. The van der Waals surface area contributed by atoms with Crippen LogP contribution in [0.1, 0.15) is 26.7 Å². The lowest BCUT2D eigenvalue weighted by atomic mass is 10.00. The Morgan fingerprint density at radius 3 is 2.60 bits per heavy atom. The second-order valence-electron chi connectivity index (χ2n) is 6.24. The summed E-state index contributed by atoms with van der Waals surface area (Å²) in [5.74, 6) is 0.374. The maximum Gasteiger partial charge on any atom is 0.245 e. The first-order valence-electron chi connectivity index (χ1n) is 7.05. The molecule has 2 aliphatic heterocycles. The first-order valence-corrected chi connectivity index (χ1v) is 8.87. The van der Waals surface area contributed by atoms with Crippen LogP contribution < -0.4 is 5.32 Å². The number of amides is 2. The second-order valence-corrected chi connectivity index (χ2v) is 8.47. The van der Waals surface area contributed by atoms with Gasteiger partial charge in [0.1, 0.15) is 6.04 Å². The van der Waals surface area contributed by atoms with Crippen molar-refractivity contribution in [2.24, 2.45) is 11.8 Å². The number of rotatable bonds is 4. The summed E-state index contributed by atoms with van der Waals surface area (Å²) in [4.78, 5) is 25.5. The van der Waals surface area contributed by atoms with E-state index < -0.39 is 15.9 Å². The molecule has 0 aromatic heterocycles. The molecule has 0 spiro atoms. The van der Waals surface area contributed by atoms with Crippen molar-refractivity contribution in [2.75, 3.05) is 24.6 Å². The number of piperazine rings is 1. The normalized spacial score (nSPS) is 29.9. The molecule has 0 radical (unpaired) electrons. The molecule has 1 N–H and O–H groups in total. The predicted octanol–water partition coefficient (Wildman–Crippen LogP) is -0.206. The summed E-state index contributed by atoms with van der Waals surface area (Å²) in [7, 11) is -2.95. The number of hydrogen-bond acceptors (Lipinski definition) is 4. The molecule has 7 heteroatoms. The molecule has 2 heterocycles. The van der Waals surface area contributed by atoms with E-state index in [0.29, 0.717) is 25.3 Å². The van der Waals surface area contributed by atoms with E-state index in [2.05, 4.69) is 5.32 Å². The summed E-state index contributed by atoms with van der Waals surface area (Å²) >= 11 is 0. The van der Waals surface area contributed by atoms with Crippen molar-refractivity contribution >= 4 is 21.7 Å². The van der Waals surface area contributed by atoms with Gasteiger partial charge < -0.3 is 10.2 Å². The Morgan fingerprint density at radius 2 is 2.05 bits per heavy atom. The van der Waals surface area contributed by atoms with Gasteiger partial charge in [0.15, 0.2) is 9.84 Å². The summed E-state index contributed by atoms with van der Waals surface area (Å²) in [6, 6.07) is -0.464. The number of sulfone groups is 1. The van der Waals surface area contributed by atoms with Crippen LogP contribution in [0.25, 0.3) is 0 Å². The molecule has 2 aliphatic rings. The van der Waals surface area contributed by atoms with Crippen LogP contribution >= 0.6 is 0 Å². The third-order valence-corrected chi connectivity index (χ3v) is 5.63. The van der Waals surface area contributed by atoms with E-state index >= 15 is 0 Å². The van der Waals surface area contributed by atoms with Gasteiger partial charge in [0.05, 0.1) is 18.1 Å². The van der Waals surface area contributed by atoms with Gasteiger partial charge in [0.25, 0.3) is 0 Å². The van der Waals surface area contributed by atoms with E-state index in [4.69, 9.17) is 0 Å². The smallest absolute Gasteiger partial charge is 0.245 e. The van der Waals surface area contributed by atoms with Crippen LogP contribution in [0.15, 0.2) is 0 Å². The van der Waals surface area contributed by atoms with Crippen molar-refractivity contribution in [3.05, 3.63) is 0 Å². The highest BCUT2D eigenvalue weighted by atomic mass is 32.2. The molecule has 2 rings (SSSR count). The van der Waals surface area contributed by atoms with Crippen molar-refractivity contribution in [2.45, 2.75) is 32.7 Å². The highest BCUT2D eigenvalue weighted by molar-refractivity contribution is 7.91. The lowest BCUT2D eigenvalue weighted by Gasteiger charge is -2.34. The molecule has 2 amide bonds. The highest BCUT2D eigenvalue weighted by Gasteiger charge is 2.36. The maximum atomic E-state index is 12.3. The third-order valence-electron chi connectivity index (χ3n) is 3.79. The van der Waals surface area contributed by atoms with Gasteiger partial charge in [0, 0.05) is 6.54 Å². The quantitative estimate of drug-likeness (QED) is 0.779. The minimum atomic E-state index is -2.95. The van der Waals surface area contributed by atoms with Gasteiger partial charge in [0.2, 0.25) is 11.8 Å². The lowest BCUT2D eigenvalue weighted by Crippen LogP contribution is -2.59. The minimum absolute atomic E-state index is 0.0328. The summed E-state index contributed by atoms with van der Waals surface area (Å²) in [6.07, 6.45) is 1.20. The first-order chi connectivity index (χ1) is 9.27. The number of hydrogen-bond donors (Lipinski definition) is 1. The van der Waals surface area contributed by atoms with Crippen molar-refractivity contribution in [3.63, 3.8) is 0 Å². The van der Waals surface area contributed by atoms with Gasteiger partial charge in [-0.2, -0.15) is 0 Å². The van der Waals surface area contributed by atoms with E-state index in [9.17, 15) is 18.0 Å². The van der Waals surface area contributed by atoms with Gasteiger partial charge in [-0.15, -0.1) is 0 Å². The Hall–Kier alpha value is -1.11. The molecule has 0 aromatic rings. The van der Waals surface area contributed by atoms with Crippen LogP contribution in [-0.2, 0) is 19.4 Å². The summed E-state index contributed by atoms with van der Waals surface area (Å²) in [5.41, 5.74) is 0. The molecule has 2 unspecified atom stereocenters. The van der Waals surface area contributed by atoms with Crippen LogP contribution in [0.5, 0.6) is 0 Å². The van der Waals surface area contributed by atoms with Crippen LogP contribution in [0, 0.1) is 11.8 Å². The molecular formula is C13H22N2O4S. The van der Waals surface area contributed by atoms with Crippen LogP contribution in [0.2, 0.25) is 0 Å². The van der Waals surface area contributed by atoms with E-state index in [1.54, 1.807) is 0 Å². The van der Waals surface area contributed by atoms with E-state index in [1.807, 2.05) is 13.8 Å². The summed E-state index contributed by atoms with van der Waals surface area (Å²) in [6.45, 7) is 4.42. The Morgan fingerprint density at radius 1 is 1.35 bits per heavy atom. The molecule has 0 bridgehead atoms. The topological polar surface area (TPSA) is 83.6 Å². The molecule has 2 atom stereocenters. The highest BCUT2D eigenvalue weighted by Crippen LogP contribution is 2.21. The van der Waals surface area contributed by atoms with Crippen molar-refractivity contribution < 1.29 is 18.0 Å². The molecule has 2 fully saturated rings. The number of nitrogens with zero attached hydrogens (tertiary/aromatic N) is 1. The van der Waals surface area contributed by atoms with Crippen LogP contribution in [-0.4, -0.2) is 55.8 Å². The molecule has 0 aliphatic carbocycles. The second kappa shape index (κ2) is 5.71. The number of carbonyl (C=O) groups is 2. The third kappa shape index (κ3) is 3.71. The molecule has 114 valence electrons. The Balaban J connectivity index is 2.00. The SMILES string of the molecule is CC(C)CC1NC(=O)CN(CC2CCS(=O)(=O)C2)C1=O. The van der Waals surface area contributed by atoms with Gasteiger partial charge in [-0.1, -0.05) is 13.8 Å².